The lowest BCUT2D eigenvalue weighted by Crippen LogP contribution is -2.54. The Morgan fingerprint density at radius 1 is 1.15 bits per heavy atom. The van der Waals surface area contributed by atoms with Crippen LogP contribution in [0.25, 0.3) is 0 Å². The van der Waals surface area contributed by atoms with E-state index in [4.69, 9.17) is 10.5 Å². The minimum absolute atomic E-state index is 0.116. The molecule has 0 saturated heterocycles. The summed E-state index contributed by atoms with van der Waals surface area (Å²) in [5, 5.41) is 5.24. The maximum absolute atomic E-state index is 12.5. The number of primary amides is 1. The Kier molecular flexibility index (Phi) is 7.00. The normalized spacial score (nSPS) is 15.8. The summed E-state index contributed by atoms with van der Waals surface area (Å²) in [5.74, 6) is -0.719. The molecule has 3 amide bonds. The Bertz CT molecular complexity index is 629. The van der Waals surface area contributed by atoms with Crippen molar-refractivity contribution in [2.45, 2.75) is 51.8 Å². The van der Waals surface area contributed by atoms with Crippen molar-refractivity contribution < 1.29 is 19.1 Å². The first-order valence-corrected chi connectivity index (χ1v) is 8.93. The van der Waals surface area contributed by atoms with Gasteiger partial charge in [0.2, 0.25) is 11.8 Å². The maximum atomic E-state index is 12.5. The van der Waals surface area contributed by atoms with Gasteiger partial charge in [-0.2, -0.15) is 0 Å². The van der Waals surface area contributed by atoms with Crippen LogP contribution >= 0.6 is 0 Å². The zero-order chi connectivity index (χ0) is 19.1. The summed E-state index contributed by atoms with van der Waals surface area (Å²) in [7, 11) is 0. The zero-order valence-electron chi connectivity index (χ0n) is 15.2. The molecule has 1 aromatic rings. The van der Waals surface area contributed by atoms with Gasteiger partial charge in [-0.05, 0) is 23.8 Å². The first-order chi connectivity index (χ1) is 12.4. The van der Waals surface area contributed by atoms with Gasteiger partial charge in [-0.25, -0.2) is 4.79 Å². The van der Waals surface area contributed by atoms with Gasteiger partial charge in [0.15, 0.2) is 0 Å². The van der Waals surface area contributed by atoms with Crippen LogP contribution in [0.2, 0.25) is 0 Å². The SMILES string of the molecule is CC(C)[C@H](NC(=O)OCc1ccccc1)C(=O)N[C@@H](CC1CC1)C(N)=O. The van der Waals surface area contributed by atoms with E-state index in [0.717, 1.165) is 18.4 Å². The van der Waals surface area contributed by atoms with E-state index in [2.05, 4.69) is 10.6 Å². The summed E-state index contributed by atoms with van der Waals surface area (Å²) in [6.45, 7) is 3.73. The number of carbonyl (C=O) groups is 3. The molecule has 1 saturated carbocycles. The fraction of sp³-hybridized carbons (Fsp3) is 0.526. The number of carbonyl (C=O) groups excluding carboxylic acids is 3. The summed E-state index contributed by atoms with van der Waals surface area (Å²) in [5.41, 5.74) is 6.24. The zero-order valence-corrected chi connectivity index (χ0v) is 15.2. The van der Waals surface area contributed by atoms with Crippen molar-refractivity contribution in [1.82, 2.24) is 10.6 Å². The number of rotatable bonds is 9. The summed E-state index contributed by atoms with van der Waals surface area (Å²) in [4.78, 5) is 36.1. The number of benzene rings is 1. The number of hydrogen-bond acceptors (Lipinski definition) is 4. The van der Waals surface area contributed by atoms with Gasteiger partial charge in [0.25, 0.3) is 0 Å². The van der Waals surface area contributed by atoms with Crippen molar-refractivity contribution in [3.8, 4) is 0 Å². The molecule has 0 radical (unpaired) electrons. The highest BCUT2D eigenvalue weighted by atomic mass is 16.5. The average molecular weight is 361 g/mol. The summed E-state index contributed by atoms with van der Waals surface area (Å²) < 4.78 is 5.16. The Morgan fingerprint density at radius 2 is 1.81 bits per heavy atom. The van der Waals surface area contributed by atoms with Gasteiger partial charge >= 0.3 is 6.09 Å². The van der Waals surface area contributed by atoms with E-state index in [-0.39, 0.29) is 12.5 Å². The van der Waals surface area contributed by atoms with E-state index in [1.54, 1.807) is 0 Å². The molecule has 0 spiro atoms. The second-order valence-electron chi connectivity index (χ2n) is 7.07. The lowest BCUT2D eigenvalue weighted by molar-refractivity contribution is -0.129. The molecule has 26 heavy (non-hydrogen) atoms. The minimum atomic E-state index is -0.806. The molecule has 0 aromatic heterocycles. The molecule has 1 aromatic carbocycles. The third-order valence-electron chi connectivity index (χ3n) is 4.36. The number of amides is 3. The quantitative estimate of drug-likeness (QED) is 0.622. The molecule has 0 heterocycles. The maximum Gasteiger partial charge on any atom is 0.408 e. The van der Waals surface area contributed by atoms with Crippen molar-refractivity contribution in [2.75, 3.05) is 0 Å². The smallest absolute Gasteiger partial charge is 0.408 e. The minimum Gasteiger partial charge on any atom is -0.445 e. The number of ether oxygens (including phenoxy) is 1. The Hall–Kier alpha value is -2.57. The standard InChI is InChI=1S/C19H27N3O4/c1-12(2)16(18(24)21-15(17(20)23)10-13-8-9-13)22-19(25)26-11-14-6-4-3-5-7-14/h3-7,12-13,15-16H,8-11H2,1-2H3,(H2,20,23)(H,21,24)(H,22,25)/t15-,16-/m0/s1. The molecule has 7 heteroatoms. The van der Waals surface area contributed by atoms with Crippen LogP contribution in [0, 0.1) is 11.8 Å². The van der Waals surface area contributed by atoms with Gasteiger partial charge in [0.05, 0.1) is 0 Å². The molecule has 0 aliphatic heterocycles. The van der Waals surface area contributed by atoms with Crippen molar-refractivity contribution in [3.05, 3.63) is 35.9 Å². The number of nitrogens with one attached hydrogen (secondary N) is 2. The van der Waals surface area contributed by atoms with Gasteiger partial charge in [-0.3, -0.25) is 9.59 Å². The highest BCUT2D eigenvalue weighted by Crippen LogP contribution is 2.33. The van der Waals surface area contributed by atoms with Gasteiger partial charge in [-0.15, -0.1) is 0 Å². The molecular formula is C19H27N3O4. The van der Waals surface area contributed by atoms with E-state index in [1.807, 2.05) is 44.2 Å². The summed E-state index contributed by atoms with van der Waals surface area (Å²) >= 11 is 0. The highest BCUT2D eigenvalue weighted by molar-refractivity contribution is 5.90. The van der Waals surface area contributed by atoms with Gasteiger partial charge in [0.1, 0.15) is 18.7 Å². The second-order valence-corrected chi connectivity index (χ2v) is 7.07. The first-order valence-electron chi connectivity index (χ1n) is 8.93. The van der Waals surface area contributed by atoms with Crippen molar-refractivity contribution in [2.24, 2.45) is 17.6 Å². The molecular weight excluding hydrogens is 334 g/mol. The van der Waals surface area contributed by atoms with Crippen molar-refractivity contribution in [3.63, 3.8) is 0 Å². The molecule has 1 aliphatic carbocycles. The monoisotopic (exact) mass is 361 g/mol. The van der Waals surface area contributed by atoms with E-state index in [9.17, 15) is 14.4 Å². The average Bonchev–Trinajstić information content (AvgIpc) is 3.41. The molecule has 0 unspecified atom stereocenters. The lowest BCUT2D eigenvalue weighted by Gasteiger charge is -2.24. The molecule has 2 rings (SSSR count). The largest absolute Gasteiger partial charge is 0.445 e. The fourth-order valence-corrected chi connectivity index (χ4v) is 2.62. The van der Waals surface area contributed by atoms with Crippen molar-refractivity contribution in [1.29, 1.82) is 0 Å². The highest BCUT2D eigenvalue weighted by Gasteiger charge is 2.32. The molecule has 142 valence electrons. The first kappa shape index (κ1) is 19.8. The lowest BCUT2D eigenvalue weighted by atomic mass is 10.0. The van der Waals surface area contributed by atoms with Crippen LogP contribution in [-0.2, 0) is 20.9 Å². The second kappa shape index (κ2) is 9.22. The molecule has 4 N–H and O–H groups in total. The molecule has 2 atom stereocenters. The van der Waals surface area contributed by atoms with Crippen LogP contribution in [0.5, 0.6) is 0 Å². The summed E-state index contributed by atoms with van der Waals surface area (Å²) in [6.07, 6.45) is 1.97. The van der Waals surface area contributed by atoms with E-state index in [1.165, 1.54) is 0 Å². The third kappa shape index (κ3) is 6.38. The molecule has 1 aliphatic rings. The predicted molar refractivity (Wildman–Crippen MR) is 96.9 cm³/mol. The molecule has 1 fully saturated rings. The van der Waals surface area contributed by atoms with Crippen LogP contribution in [0.15, 0.2) is 30.3 Å². The molecule has 0 bridgehead atoms. The van der Waals surface area contributed by atoms with E-state index in [0.29, 0.717) is 12.3 Å². The van der Waals surface area contributed by atoms with Gasteiger partial charge in [-0.1, -0.05) is 57.0 Å². The van der Waals surface area contributed by atoms with E-state index >= 15 is 0 Å². The van der Waals surface area contributed by atoms with Crippen LogP contribution in [-0.4, -0.2) is 30.0 Å². The Balaban J connectivity index is 1.88. The summed E-state index contributed by atoms with van der Waals surface area (Å²) in [6, 6.07) is 7.75. The Labute approximate surface area is 153 Å². The molecule has 7 nitrogen and oxygen atoms in total. The fourth-order valence-electron chi connectivity index (χ4n) is 2.62. The number of nitrogens with two attached hydrogens (primary N) is 1. The Morgan fingerprint density at radius 3 is 2.35 bits per heavy atom. The topological polar surface area (TPSA) is 111 Å². The van der Waals surface area contributed by atoms with Crippen molar-refractivity contribution >= 4 is 17.9 Å². The number of alkyl carbamates (subject to hydrolysis) is 1. The number of hydrogen-bond donors (Lipinski definition) is 3. The van der Waals surface area contributed by atoms with Crippen LogP contribution < -0.4 is 16.4 Å². The predicted octanol–water partition coefficient (Wildman–Crippen LogP) is 1.71. The van der Waals surface area contributed by atoms with Gasteiger partial charge < -0.3 is 21.1 Å². The van der Waals surface area contributed by atoms with Crippen LogP contribution in [0.4, 0.5) is 4.79 Å². The van der Waals surface area contributed by atoms with Crippen LogP contribution in [0.1, 0.15) is 38.7 Å². The van der Waals surface area contributed by atoms with E-state index < -0.39 is 30.0 Å². The van der Waals surface area contributed by atoms with Crippen LogP contribution in [0.3, 0.4) is 0 Å². The third-order valence-corrected chi connectivity index (χ3v) is 4.36. The van der Waals surface area contributed by atoms with Gasteiger partial charge in [0, 0.05) is 0 Å².